The summed E-state index contributed by atoms with van der Waals surface area (Å²) in [5.41, 5.74) is 0. The summed E-state index contributed by atoms with van der Waals surface area (Å²) in [6.45, 7) is 6.31. The van der Waals surface area contributed by atoms with Crippen LogP contribution in [0.15, 0.2) is 122 Å². The van der Waals surface area contributed by atoms with Crippen molar-refractivity contribution in [3.05, 3.63) is 122 Å². The standard InChI is InChI=1S/C75H126O6/c1-4-7-10-13-16-19-22-25-27-29-31-32-33-34-35-36-37-38-39-40-41-42-44-45-47-50-53-56-59-62-65-68-74(77)80-71-72(70-79-73(76)67-64-61-58-55-52-49-24-21-18-15-12-9-6-3)81-75(78)69-66-63-60-57-54-51-48-46-43-30-28-26-23-20-17-14-11-8-5-2/h8-9,11-12,17-18,20-21,26,28,43,46,49,51-52,54,58,60-61,63,72H,4-7,10,13-16,19,22-25,27,29-42,44-45,47-48,50,53,55-57,59,62,64-71H2,1-3H3/b11-8-,12-9-,20-17-,21-18-,28-26-,46-43-,52-49-,54-51-,61-58-,63-60-. The van der Waals surface area contributed by atoms with E-state index in [4.69, 9.17) is 14.2 Å². The van der Waals surface area contributed by atoms with Gasteiger partial charge in [0.1, 0.15) is 13.2 Å². The second kappa shape index (κ2) is 68.3. The molecule has 0 heterocycles. The van der Waals surface area contributed by atoms with Gasteiger partial charge in [-0.25, -0.2) is 0 Å². The van der Waals surface area contributed by atoms with E-state index >= 15 is 0 Å². The van der Waals surface area contributed by atoms with Crippen LogP contribution in [0, 0.1) is 0 Å². The Hall–Kier alpha value is -4.19. The molecule has 81 heavy (non-hydrogen) atoms. The average molecular weight is 1120 g/mol. The highest BCUT2D eigenvalue weighted by Crippen LogP contribution is 2.18. The summed E-state index contributed by atoms with van der Waals surface area (Å²) in [4.78, 5) is 38.2. The van der Waals surface area contributed by atoms with Crippen LogP contribution in [-0.2, 0) is 28.6 Å². The van der Waals surface area contributed by atoms with Crippen molar-refractivity contribution in [2.45, 2.75) is 322 Å². The van der Waals surface area contributed by atoms with E-state index in [9.17, 15) is 14.4 Å². The molecule has 0 fully saturated rings. The molecule has 0 aliphatic heterocycles. The first-order chi connectivity index (χ1) is 40.0. The number of carbonyl (C=O) groups excluding carboxylic acids is 3. The summed E-state index contributed by atoms with van der Waals surface area (Å²) in [6.07, 6.45) is 95.6. The SMILES string of the molecule is CC/C=C\C/C=C\C/C=C\C/C=C\C/C=C\C/C=C\CCC(=O)OC(COC(=O)CC/C=C\C/C=C\C/C=C\C/C=C\CC)COC(=O)CCCCCCCCCCCCCCCCCCCCCCCCCCCCCCCCC. The molecule has 0 aromatic heterocycles. The molecule has 6 nitrogen and oxygen atoms in total. The number of allylic oxidation sites excluding steroid dienone is 20. The van der Waals surface area contributed by atoms with Crippen molar-refractivity contribution < 1.29 is 28.6 Å². The van der Waals surface area contributed by atoms with Crippen LogP contribution in [-0.4, -0.2) is 37.2 Å². The maximum Gasteiger partial charge on any atom is 0.306 e. The lowest BCUT2D eigenvalue weighted by atomic mass is 10.0. The first-order valence-electron chi connectivity index (χ1n) is 34.0. The lowest BCUT2D eigenvalue weighted by molar-refractivity contribution is -0.166. The van der Waals surface area contributed by atoms with Gasteiger partial charge >= 0.3 is 17.9 Å². The normalized spacial score (nSPS) is 12.9. The van der Waals surface area contributed by atoms with Crippen LogP contribution in [0.1, 0.15) is 316 Å². The Bertz CT molecular complexity index is 1670. The van der Waals surface area contributed by atoms with Gasteiger partial charge in [0.05, 0.1) is 0 Å². The van der Waals surface area contributed by atoms with E-state index in [0.29, 0.717) is 19.3 Å². The summed E-state index contributed by atoms with van der Waals surface area (Å²) >= 11 is 0. The molecule has 0 bridgehead atoms. The van der Waals surface area contributed by atoms with Crippen LogP contribution in [0.5, 0.6) is 0 Å². The fourth-order valence-electron chi connectivity index (χ4n) is 9.49. The maximum atomic E-state index is 12.9. The molecule has 0 saturated heterocycles. The number of unbranched alkanes of at least 4 members (excludes halogenated alkanes) is 30. The van der Waals surface area contributed by atoms with Gasteiger partial charge in [-0.15, -0.1) is 0 Å². The zero-order valence-corrected chi connectivity index (χ0v) is 53.0. The van der Waals surface area contributed by atoms with Crippen molar-refractivity contribution in [2.75, 3.05) is 13.2 Å². The zero-order valence-electron chi connectivity index (χ0n) is 53.0. The number of hydrogen-bond donors (Lipinski definition) is 0. The van der Waals surface area contributed by atoms with E-state index in [1.54, 1.807) is 0 Å². The molecule has 1 unspecified atom stereocenters. The van der Waals surface area contributed by atoms with Gasteiger partial charge in [-0.05, 0) is 83.5 Å². The lowest BCUT2D eigenvalue weighted by Gasteiger charge is -2.18. The lowest BCUT2D eigenvalue weighted by Crippen LogP contribution is -2.30. The van der Waals surface area contributed by atoms with Gasteiger partial charge in [-0.3, -0.25) is 14.4 Å². The Balaban J connectivity index is 4.29. The highest BCUT2D eigenvalue weighted by molar-refractivity contribution is 5.71. The number of ether oxygens (including phenoxy) is 3. The minimum absolute atomic E-state index is 0.131. The van der Waals surface area contributed by atoms with Crippen LogP contribution >= 0.6 is 0 Å². The summed E-state index contributed by atoms with van der Waals surface area (Å²) < 4.78 is 16.8. The van der Waals surface area contributed by atoms with Crippen LogP contribution in [0.25, 0.3) is 0 Å². The Morgan fingerprint density at radius 2 is 0.481 bits per heavy atom. The van der Waals surface area contributed by atoms with Gasteiger partial charge in [0.25, 0.3) is 0 Å². The quantitative estimate of drug-likeness (QED) is 0.0261. The fraction of sp³-hybridized carbons (Fsp3) is 0.693. The first-order valence-corrected chi connectivity index (χ1v) is 34.0. The number of rotatable bonds is 61. The van der Waals surface area contributed by atoms with Gasteiger partial charge < -0.3 is 14.2 Å². The van der Waals surface area contributed by atoms with Crippen LogP contribution in [0.2, 0.25) is 0 Å². The summed E-state index contributed by atoms with van der Waals surface area (Å²) in [5, 5.41) is 0. The van der Waals surface area contributed by atoms with E-state index in [0.717, 1.165) is 83.5 Å². The molecule has 0 radical (unpaired) electrons. The van der Waals surface area contributed by atoms with Crippen LogP contribution < -0.4 is 0 Å². The Morgan fingerprint density at radius 3 is 0.753 bits per heavy atom. The molecule has 0 spiro atoms. The van der Waals surface area contributed by atoms with E-state index in [2.05, 4.69) is 118 Å². The molecule has 0 aromatic carbocycles. The van der Waals surface area contributed by atoms with E-state index < -0.39 is 12.1 Å². The van der Waals surface area contributed by atoms with Gasteiger partial charge in [-0.2, -0.15) is 0 Å². The molecule has 0 rings (SSSR count). The second-order valence-electron chi connectivity index (χ2n) is 22.3. The van der Waals surface area contributed by atoms with Gasteiger partial charge in [0.2, 0.25) is 0 Å². The summed E-state index contributed by atoms with van der Waals surface area (Å²) in [7, 11) is 0. The molecule has 0 amide bonds. The predicted molar refractivity (Wildman–Crippen MR) is 353 cm³/mol. The van der Waals surface area contributed by atoms with Gasteiger partial charge in [-0.1, -0.05) is 335 Å². The van der Waals surface area contributed by atoms with Gasteiger partial charge in [0, 0.05) is 19.3 Å². The van der Waals surface area contributed by atoms with Gasteiger partial charge in [0.15, 0.2) is 6.10 Å². The second-order valence-corrected chi connectivity index (χ2v) is 22.3. The number of hydrogen-bond acceptors (Lipinski definition) is 6. The van der Waals surface area contributed by atoms with Crippen molar-refractivity contribution >= 4 is 17.9 Å². The van der Waals surface area contributed by atoms with E-state index in [1.165, 1.54) is 180 Å². The predicted octanol–water partition coefficient (Wildman–Crippen LogP) is 23.6. The molecule has 0 saturated carbocycles. The van der Waals surface area contributed by atoms with Crippen molar-refractivity contribution in [1.82, 2.24) is 0 Å². The van der Waals surface area contributed by atoms with E-state index in [1.807, 2.05) is 24.3 Å². The Kier molecular flexibility index (Phi) is 64.8. The molecular weight excluding hydrogens is 997 g/mol. The third-order valence-corrected chi connectivity index (χ3v) is 14.5. The first kappa shape index (κ1) is 76.8. The van der Waals surface area contributed by atoms with Crippen molar-refractivity contribution in [1.29, 1.82) is 0 Å². The molecule has 0 aromatic rings. The zero-order chi connectivity index (χ0) is 58.5. The Labute approximate surface area is 501 Å². The third-order valence-electron chi connectivity index (χ3n) is 14.5. The van der Waals surface area contributed by atoms with E-state index in [-0.39, 0.29) is 38.0 Å². The molecule has 0 aliphatic carbocycles. The van der Waals surface area contributed by atoms with Crippen LogP contribution in [0.3, 0.4) is 0 Å². The molecule has 462 valence electrons. The van der Waals surface area contributed by atoms with Crippen molar-refractivity contribution in [3.8, 4) is 0 Å². The molecule has 1 atom stereocenters. The minimum Gasteiger partial charge on any atom is -0.462 e. The summed E-state index contributed by atoms with van der Waals surface area (Å²) in [6, 6.07) is 0. The van der Waals surface area contributed by atoms with Crippen LogP contribution in [0.4, 0.5) is 0 Å². The number of esters is 3. The smallest absolute Gasteiger partial charge is 0.306 e. The largest absolute Gasteiger partial charge is 0.462 e. The molecule has 0 N–H and O–H groups in total. The average Bonchev–Trinajstić information content (AvgIpc) is 3.46. The minimum atomic E-state index is -0.851. The van der Waals surface area contributed by atoms with Crippen molar-refractivity contribution in [2.24, 2.45) is 0 Å². The summed E-state index contributed by atoms with van der Waals surface area (Å²) in [5.74, 6) is -1.10. The number of carbonyl (C=O) groups is 3. The fourth-order valence-corrected chi connectivity index (χ4v) is 9.49. The highest BCUT2D eigenvalue weighted by atomic mass is 16.6. The van der Waals surface area contributed by atoms with Crippen molar-refractivity contribution in [3.63, 3.8) is 0 Å². The Morgan fingerprint density at radius 1 is 0.259 bits per heavy atom. The monoisotopic (exact) mass is 1120 g/mol. The topological polar surface area (TPSA) is 78.9 Å². The molecule has 6 heteroatoms. The highest BCUT2D eigenvalue weighted by Gasteiger charge is 2.19. The molecule has 0 aliphatic rings. The third kappa shape index (κ3) is 66.5. The maximum absolute atomic E-state index is 12.9. The molecular formula is C75H126O6.